The van der Waals surface area contributed by atoms with Crippen molar-refractivity contribution in [3.05, 3.63) is 36.0 Å². The van der Waals surface area contributed by atoms with Crippen LogP contribution in [0.4, 0.5) is 4.79 Å². The van der Waals surface area contributed by atoms with Crippen LogP contribution in [0.15, 0.2) is 34.1 Å². The second-order valence-electron chi connectivity index (χ2n) is 7.13. The molecule has 2 aromatic rings. The van der Waals surface area contributed by atoms with Crippen molar-refractivity contribution < 1.29 is 18.7 Å². The zero-order valence-electron chi connectivity index (χ0n) is 16.5. The first-order valence-electron chi connectivity index (χ1n) is 9.34. The molecule has 1 aliphatic rings. The van der Waals surface area contributed by atoms with Gasteiger partial charge in [0, 0.05) is 45.6 Å². The monoisotopic (exact) mass is 406 g/mol. The first-order chi connectivity index (χ1) is 13.4. The fourth-order valence-corrected chi connectivity index (χ4v) is 3.60. The van der Waals surface area contributed by atoms with Gasteiger partial charge in [0.1, 0.15) is 5.76 Å². The number of amides is 2. The van der Waals surface area contributed by atoms with Gasteiger partial charge in [-0.2, -0.15) is 0 Å². The third-order valence-corrected chi connectivity index (χ3v) is 5.44. The van der Waals surface area contributed by atoms with Gasteiger partial charge in [0.15, 0.2) is 10.9 Å². The van der Waals surface area contributed by atoms with E-state index in [4.69, 9.17) is 9.15 Å². The molecule has 1 fully saturated rings. The molecule has 0 N–H and O–H groups in total. The van der Waals surface area contributed by atoms with E-state index >= 15 is 0 Å². The average Bonchev–Trinajstić information content (AvgIpc) is 3.33. The lowest BCUT2D eigenvalue weighted by molar-refractivity contribution is 0.0513. The van der Waals surface area contributed by atoms with Gasteiger partial charge in [-0.1, -0.05) is 25.6 Å². The van der Waals surface area contributed by atoms with Crippen molar-refractivity contribution in [2.75, 3.05) is 32.8 Å². The Morgan fingerprint density at radius 2 is 1.93 bits per heavy atom. The Kier molecular flexibility index (Phi) is 6.66. The number of imidazole rings is 1. The number of hydrogen-bond donors (Lipinski definition) is 0. The van der Waals surface area contributed by atoms with Crippen molar-refractivity contribution >= 4 is 23.8 Å². The molecule has 28 heavy (non-hydrogen) atoms. The predicted octanol–water partition coefficient (Wildman–Crippen LogP) is 2.86. The van der Waals surface area contributed by atoms with Gasteiger partial charge in [-0.3, -0.25) is 4.79 Å². The van der Waals surface area contributed by atoms with E-state index in [1.165, 1.54) is 0 Å². The lowest BCUT2D eigenvalue weighted by atomic mass is 10.2. The molecule has 0 aromatic carbocycles. The number of thioether (sulfide) groups is 1. The zero-order chi connectivity index (χ0) is 20.1. The summed E-state index contributed by atoms with van der Waals surface area (Å²) >= 11 is 1.55. The first-order valence-corrected chi connectivity index (χ1v) is 10.3. The van der Waals surface area contributed by atoms with Crippen molar-refractivity contribution in [3.8, 4) is 0 Å². The van der Waals surface area contributed by atoms with E-state index in [-0.39, 0.29) is 12.0 Å². The number of hydrogen-bond acceptors (Lipinski definition) is 6. The highest BCUT2D eigenvalue weighted by Crippen LogP contribution is 2.22. The topological polar surface area (TPSA) is 80.8 Å². The summed E-state index contributed by atoms with van der Waals surface area (Å²) in [6.07, 6.45) is 3.32. The molecule has 1 aliphatic heterocycles. The standard InChI is InChI=1S/C19H26N4O4S/c1-14(2)12-26-19(25)23-10-8-22(9-11-23)17(24)16-5-4-15(27-16)13-28-18-20-6-7-21(18)3/h4-7,14H,8-13H2,1-3H3. The van der Waals surface area contributed by atoms with Gasteiger partial charge in [-0.15, -0.1) is 0 Å². The third kappa shape index (κ3) is 5.09. The molecule has 2 aromatic heterocycles. The molecule has 0 saturated carbocycles. The molecule has 0 spiro atoms. The predicted molar refractivity (Wildman–Crippen MR) is 105 cm³/mol. The molecule has 0 aliphatic carbocycles. The number of carbonyl (C=O) groups excluding carboxylic acids is 2. The van der Waals surface area contributed by atoms with Crippen LogP contribution in [0.3, 0.4) is 0 Å². The number of rotatable bonds is 6. The number of piperazine rings is 1. The molecule has 0 bridgehead atoms. The zero-order valence-corrected chi connectivity index (χ0v) is 17.3. The molecule has 3 heterocycles. The quantitative estimate of drug-likeness (QED) is 0.686. The van der Waals surface area contributed by atoms with Crippen LogP contribution < -0.4 is 0 Å². The number of aromatic nitrogens is 2. The van der Waals surface area contributed by atoms with Crippen LogP contribution in [0, 0.1) is 5.92 Å². The van der Waals surface area contributed by atoms with Crippen LogP contribution >= 0.6 is 11.8 Å². The normalized spacial score (nSPS) is 14.6. The van der Waals surface area contributed by atoms with Crippen molar-refractivity contribution in [2.45, 2.75) is 24.8 Å². The van der Waals surface area contributed by atoms with E-state index in [1.807, 2.05) is 37.7 Å². The molecule has 9 heteroatoms. The highest BCUT2D eigenvalue weighted by molar-refractivity contribution is 7.98. The van der Waals surface area contributed by atoms with Gasteiger partial charge >= 0.3 is 6.09 Å². The van der Waals surface area contributed by atoms with E-state index in [0.29, 0.717) is 50.2 Å². The van der Waals surface area contributed by atoms with Gasteiger partial charge in [0.05, 0.1) is 12.4 Å². The minimum absolute atomic E-state index is 0.150. The van der Waals surface area contributed by atoms with Gasteiger partial charge in [-0.05, 0) is 18.1 Å². The highest BCUT2D eigenvalue weighted by Gasteiger charge is 2.27. The molecule has 0 atom stereocenters. The maximum Gasteiger partial charge on any atom is 0.409 e. The summed E-state index contributed by atoms with van der Waals surface area (Å²) in [6, 6.07) is 3.53. The van der Waals surface area contributed by atoms with Gasteiger partial charge in [-0.25, -0.2) is 9.78 Å². The Labute approximate surface area is 168 Å². The number of furan rings is 1. The van der Waals surface area contributed by atoms with Crippen LogP contribution in [-0.2, 0) is 17.5 Å². The highest BCUT2D eigenvalue weighted by atomic mass is 32.2. The molecular weight excluding hydrogens is 380 g/mol. The van der Waals surface area contributed by atoms with Crippen molar-refractivity contribution in [2.24, 2.45) is 13.0 Å². The Balaban J connectivity index is 1.48. The summed E-state index contributed by atoms with van der Waals surface area (Å²) < 4.78 is 12.9. The van der Waals surface area contributed by atoms with Crippen molar-refractivity contribution in [3.63, 3.8) is 0 Å². The van der Waals surface area contributed by atoms with Crippen molar-refractivity contribution in [1.29, 1.82) is 0 Å². The van der Waals surface area contributed by atoms with Gasteiger partial charge in [0.2, 0.25) is 0 Å². The number of nitrogens with zero attached hydrogens (tertiary/aromatic N) is 4. The largest absolute Gasteiger partial charge is 0.455 e. The van der Waals surface area contributed by atoms with Crippen LogP contribution in [-0.4, -0.2) is 64.1 Å². The number of carbonyl (C=O) groups is 2. The van der Waals surface area contributed by atoms with E-state index < -0.39 is 0 Å². The Bertz CT molecular complexity index is 808. The third-order valence-electron chi connectivity index (χ3n) is 4.36. The molecule has 2 amide bonds. The lowest BCUT2D eigenvalue weighted by Gasteiger charge is -2.33. The van der Waals surface area contributed by atoms with E-state index in [2.05, 4.69) is 4.98 Å². The molecule has 1 saturated heterocycles. The summed E-state index contributed by atoms with van der Waals surface area (Å²) in [5.41, 5.74) is 0. The Hall–Kier alpha value is -2.42. The molecule has 3 rings (SSSR count). The SMILES string of the molecule is CC(C)COC(=O)N1CCN(C(=O)c2ccc(CSc3nccn3C)o2)CC1. The van der Waals surface area contributed by atoms with E-state index in [1.54, 1.807) is 33.8 Å². The summed E-state index contributed by atoms with van der Waals surface area (Å²) in [7, 11) is 1.94. The average molecular weight is 407 g/mol. The molecule has 152 valence electrons. The minimum atomic E-state index is -0.313. The van der Waals surface area contributed by atoms with Gasteiger partial charge in [0.25, 0.3) is 5.91 Å². The van der Waals surface area contributed by atoms with E-state index in [0.717, 1.165) is 10.9 Å². The number of ether oxygens (including phenoxy) is 1. The summed E-state index contributed by atoms with van der Waals surface area (Å²) in [4.78, 5) is 32.3. The molecule has 0 radical (unpaired) electrons. The van der Waals surface area contributed by atoms with Crippen LogP contribution in [0.25, 0.3) is 0 Å². The van der Waals surface area contributed by atoms with Crippen LogP contribution in [0.5, 0.6) is 0 Å². The summed E-state index contributed by atoms with van der Waals surface area (Å²) in [5.74, 6) is 1.81. The fraction of sp³-hybridized carbons (Fsp3) is 0.526. The first kappa shape index (κ1) is 20.3. The van der Waals surface area contributed by atoms with Crippen LogP contribution in [0.2, 0.25) is 0 Å². The maximum absolute atomic E-state index is 12.7. The Morgan fingerprint density at radius 1 is 1.21 bits per heavy atom. The lowest BCUT2D eigenvalue weighted by Crippen LogP contribution is -2.50. The maximum atomic E-state index is 12.7. The van der Waals surface area contributed by atoms with E-state index in [9.17, 15) is 9.59 Å². The molecule has 0 unspecified atom stereocenters. The van der Waals surface area contributed by atoms with Crippen molar-refractivity contribution in [1.82, 2.24) is 19.4 Å². The number of aryl methyl sites for hydroxylation is 1. The fourth-order valence-electron chi connectivity index (χ4n) is 2.77. The second kappa shape index (κ2) is 9.18. The van der Waals surface area contributed by atoms with Crippen LogP contribution in [0.1, 0.15) is 30.2 Å². The summed E-state index contributed by atoms with van der Waals surface area (Å²) in [6.45, 7) is 6.26. The molecular formula is C19H26N4O4S. The minimum Gasteiger partial charge on any atom is -0.455 e. The second-order valence-corrected chi connectivity index (χ2v) is 8.07. The summed E-state index contributed by atoms with van der Waals surface area (Å²) in [5, 5.41) is 0.893. The molecule has 8 nitrogen and oxygen atoms in total. The van der Waals surface area contributed by atoms with Gasteiger partial charge < -0.3 is 23.5 Å². The smallest absolute Gasteiger partial charge is 0.409 e. The Morgan fingerprint density at radius 3 is 2.57 bits per heavy atom.